The Kier molecular flexibility index (Phi) is 6.80. The van der Waals surface area contributed by atoms with Crippen LogP contribution in [0, 0.1) is 12.3 Å². The lowest BCUT2D eigenvalue weighted by atomic mass is 9.90. The van der Waals surface area contributed by atoms with Gasteiger partial charge in [0.05, 0.1) is 0 Å². The maximum atomic E-state index is 12.4. The fourth-order valence-electron chi connectivity index (χ4n) is 2.90. The number of hydrogen-bond donors (Lipinski definition) is 2. The summed E-state index contributed by atoms with van der Waals surface area (Å²) in [5.74, 6) is -0.465. The number of allylic oxidation sites excluding steroid dienone is 1. The van der Waals surface area contributed by atoms with Crippen LogP contribution in [0.4, 0.5) is 0 Å². The molecule has 0 atom stereocenters. The zero-order valence-electron chi connectivity index (χ0n) is 15.7. The molecule has 0 saturated carbocycles. The van der Waals surface area contributed by atoms with Gasteiger partial charge in [0.15, 0.2) is 0 Å². The van der Waals surface area contributed by atoms with Gasteiger partial charge in [-0.25, -0.2) is 0 Å². The molecule has 0 heterocycles. The fourth-order valence-corrected chi connectivity index (χ4v) is 2.90. The minimum absolute atomic E-state index is 0.217. The predicted molar refractivity (Wildman–Crippen MR) is 101 cm³/mol. The van der Waals surface area contributed by atoms with E-state index in [0.29, 0.717) is 13.1 Å². The maximum Gasteiger partial charge on any atom is 0.235 e. The van der Waals surface area contributed by atoms with E-state index < -0.39 is 5.41 Å². The quantitative estimate of drug-likeness (QED) is 0.587. The van der Waals surface area contributed by atoms with E-state index in [1.807, 2.05) is 31.2 Å². The Morgan fingerprint density at radius 2 is 1.72 bits per heavy atom. The first kappa shape index (κ1) is 19.2. The van der Waals surface area contributed by atoms with Crippen molar-refractivity contribution in [3.63, 3.8) is 0 Å². The van der Waals surface area contributed by atoms with E-state index in [4.69, 9.17) is 0 Å². The van der Waals surface area contributed by atoms with Crippen LogP contribution in [0.3, 0.4) is 0 Å². The average Bonchev–Trinajstić information content (AvgIpc) is 2.61. The van der Waals surface area contributed by atoms with Crippen molar-refractivity contribution in [1.29, 1.82) is 0 Å². The summed E-state index contributed by atoms with van der Waals surface area (Å²) in [5.41, 5.74) is 2.56. The van der Waals surface area contributed by atoms with Crippen molar-refractivity contribution in [3.8, 4) is 0 Å². The number of benzene rings is 1. The van der Waals surface area contributed by atoms with Crippen molar-refractivity contribution in [1.82, 2.24) is 10.6 Å². The molecule has 4 nitrogen and oxygen atoms in total. The Hall–Kier alpha value is -2.10. The first-order valence-corrected chi connectivity index (χ1v) is 9.19. The van der Waals surface area contributed by atoms with Crippen LogP contribution in [0.1, 0.15) is 57.1 Å². The molecule has 0 spiro atoms. The smallest absolute Gasteiger partial charge is 0.235 e. The van der Waals surface area contributed by atoms with Gasteiger partial charge in [0.1, 0.15) is 5.41 Å². The van der Waals surface area contributed by atoms with Gasteiger partial charge >= 0.3 is 0 Å². The summed E-state index contributed by atoms with van der Waals surface area (Å²) >= 11 is 0. The second kappa shape index (κ2) is 8.84. The molecule has 0 aromatic heterocycles. The zero-order valence-corrected chi connectivity index (χ0v) is 15.7. The minimum atomic E-state index is -1.08. The Labute approximate surface area is 151 Å². The molecule has 4 heteroatoms. The van der Waals surface area contributed by atoms with Crippen LogP contribution in [0.2, 0.25) is 0 Å². The third-order valence-electron chi connectivity index (χ3n) is 4.83. The van der Waals surface area contributed by atoms with Crippen molar-refractivity contribution in [2.75, 3.05) is 6.54 Å². The molecule has 136 valence electrons. The molecule has 2 N–H and O–H groups in total. The Balaban J connectivity index is 1.79. The third-order valence-corrected chi connectivity index (χ3v) is 4.83. The van der Waals surface area contributed by atoms with Crippen molar-refractivity contribution in [2.45, 2.75) is 59.4 Å². The lowest BCUT2D eigenvalue weighted by Gasteiger charge is -2.23. The molecule has 0 radical (unpaired) electrons. The molecule has 2 amide bonds. The molecular weight excluding hydrogens is 312 g/mol. The number of hydrogen-bond acceptors (Lipinski definition) is 2. The van der Waals surface area contributed by atoms with E-state index in [1.165, 1.54) is 24.0 Å². The summed E-state index contributed by atoms with van der Waals surface area (Å²) in [4.78, 5) is 24.8. The maximum absolute atomic E-state index is 12.4. The van der Waals surface area contributed by atoms with Crippen LogP contribution in [-0.2, 0) is 16.1 Å². The van der Waals surface area contributed by atoms with Gasteiger partial charge in [-0.1, -0.05) is 41.5 Å². The molecule has 0 aliphatic heterocycles. The van der Waals surface area contributed by atoms with Crippen molar-refractivity contribution in [3.05, 3.63) is 47.0 Å². The Morgan fingerprint density at radius 1 is 1.04 bits per heavy atom. The van der Waals surface area contributed by atoms with E-state index in [0.717, 1.165) is 24.8 Å². The minimum Gasteiger partial charge on any atom is -0.355 e. The van der Waals surface area contributed by atoms with Gasteiger partial charge in [-0.2, -0.15) is 0 Å². The van der Waals surface area contributed by atoms with Crippen molar-refractivity contribution >= 4 is 11.8 Å². The number of carbonyl (C=O) groups is 2. The van der Waals surface area contributed by atoms with Crippen LogP contribution in [0.15, 0.2) is 35.9 Å². The van der Waals surface area contributed by atoms with Gasteiger partial charge in [0.25, 0.3) is 0 Å². The summed E-state index contributed by atoms with van der Waals surface area (Å²) in [5, 5.41) is 5.78. The topological polar surface area (TPSA) is 58.2 Å². The number of rotatable bonds is 7. The molecule has 0 bridgehead atoms. The van der Waals surface area contributed by atoms with Gasteiger partial charge in [-0.05, 0) is 58.4 Å². The van der Waals surface area contributed by atoms with E-state index in [9.17, 15) is 9.59 Å². The van der Waals surface area contributed by atoms with Gasteiger partial charge in [0, 0.05) is 13.1 Å². The van der Waals surface area contributed by atoms with Crippen LogP contribution in [-0.4, -0.2) is 18.4 Å². The highest BCUT2D eigenvalue weighted by Gasteiger charge is 2.35. The Morgan fingerprint density at radius 3 is 2.36 bits per heavy atom. The standard InChI is InChI=1S/C21H30N2O2/c1-16-9-11-18(12-10-16)15-23-20(25)21(2,3)19(24)22-14-13-17-7-5-4-6-8-17/h7,9-12H,4-6,8,13-15H2,1-3H3,(H,22,24)(H,23,25). The van der Waals surface area contributed by atoms with E-state index in [-0.39, 0.29) is 11.8 Å². The SMILES string of the molecule is Cc1ccc(CNC(=O)C(C)(C)C(=O)NCCC2=CCCCC2)cc1. The van der Waals surface area contributed by atoms with E-state index >= 15 is 0 Å². The van der Waals surface area contributed by atoms with Gasteiger partial charge in [-0.3, -0.25) is 9.59 Å². The predicted octanol–water partition coefficient (Wildman–Crippen LogP) is 3.64. The molecule has 0 saturated heterocycles. The first-order chi connectivity index (χ1) is 11.9. The summed E-state index contributed by atoms with van der Waals surface area (Å²) in [6, 6.07) is 8.00. The molecule has 1 aromatic rings. The first-order valence-electron chi connectivity index (χ1n) is 9.19. The van der Waals surface area contributed by atoms with Gasteiger partial charge in [0.2, 0.25) is 11.8 Å². The summed E-state index contributed by atoms with van der Waals surface area (Å²) in [6.45, 7) is 6.40. The van der Waals surface area contributed by atoms with Crippen molar-refractivity contribution < 1.29 is 9.59 Å². The third kappa shape index (κ3) is 5.73. The summed E-state index contributed by atoms with van der Waals surface area (Å²) in [7, 11) is 0. The van der Waals surface area contributed by atoms with E-state index in [2.05, 4.69) is 16.7 Å². The number of nitrogens with one attached hydrogen (secondary N) is 2. The molecule has 1 aromatic carbocycles. The molecule has 25 heavy (non-hydrogen) atoms. The number of aryl methyl sites for hydroxylation is 1. The van der Waals surface area contributed by atoms with Crippen LogP contribution in [0.25, 0.3) is 0 Å². The summed E-state index contributed by atoms with van der Waals surface area (Å²) < 4.78 is 0. The molecule has 0 unspecified atom stereocenters. The lowest BCUT2D eigenvalue weighted by molar-refractivity contribution is -0.141. The Bertz CT molecular complexity index is 630. The average molecular weight is 342 g/mol. The fraction of sp³-hybridized carbons (Fsp3) is 0.524. The highest BCUT2D eigenvalue weighted by molar-refractivity contribution is 6.04. The van der Waals surface area contributed by atoms with Crippen LogP contribution in [0.5, 0.6) is 0 Å². The number of amides is 2. The normalized spacial score (nSPS) is 14.6. The monoisotopic (exact) mass is 342 g/mol. The van der Waals surface area contributed by atoms with Crippen molar-refractivity contribution in [2.24, 2.45) is 5.41 Å². The largest absolute Gasteiger partial charge is 0.355 e. The highest BCUT2D eigenvalue weighted by atomic mass is 16.2. The molecular formula is C21H30N2O2. The van der Waals surface area contributed by atoms with Gasteiger partial charge in [-0.15, -0.1) is 0 Å². The summed E-state index contributed by atoms with van der Waals surface area (Å²) in [6.07, 6.45) is 7.96. The second-order valence-electron chi connectivity index (χ2n) is 7.41. The second-order valence-corrected chi connectivity index (χ2v) is 7.41. The van der Waals surface area contributed by atoms with Gasteiger partial charge < -0.3 is 10.6 Å². The van der Waals surface area contributed by atoms with E-state index in [1.54, 1.807) is 13.8 Å². The van der Waals surface area contributed by atoms with Crippen LogP contribution >= 0.6 is 0 Å². The zero-order chi connectivity index (χ0) is 18.3. The lowest BCUT2D eigenvalue weighted by Crippen LogP contribution is -2.47. The van der Waals surface area contributed by atoms with Crippen LogP contribution < -0.4 is 10.6 Å². The molecule has 1 aliphatic rings. The molecule has 2 rings (SSSR count). The number of carbonyl (C=O) groups excluding carboxylic acids is 2. The molecule has 0 fully saturated rings. The molecule has 1 aliphatic carbocycles. The highest BCUT2D eigenvalue weighted by Crippen LogP contribution is 2.20.